The Bertz CT molecular complexity index is 290. The van der Waals surface area contributed by atoms with Gasteiger partial charge in [0.1, 0.15) is 5.82 Å². The normalized spacial score (nSPS) is 10.0. The lowest BCUT2D eigenvalue weighted by molar-refractivity contribution is -0.137. The SMILES string of the molecule is Cl.Cl.NCCNc1ccc(C(F)(F)F)cn1. The summed E-state index contributed by atoms with van der Waals surface area (Å²) in [5.41, 5.74) is 4.45. The van der Waals surface area contributed by atoms with Crippen LogP contribution in [0.3, 0.4) is 0 Å². The lowest BCUT2D eigenvalue weighted by atomic mass is 10.3. The highest BCUT2D eigenvalue weighted by Gasteiger charge is 2.30. The van der Waals surface area contributed by atoms with E-state index in [4.69, 9.17) is 5.73 Å². The number of anilines is 1. The van der Waals surface area contributed by atoms with Crippen molar-refractivity contribution < 1.29 is 13.2 Å². The second-order valence-electron chi connectivity index (χ2n) is 2.65. The van der Waals surface area contributed by atoms with E-state index in [1.54, 1.807) is 0 Å². The summed E-state index contributed by atoms with van der Waals surface area (Å²) < 4.78 is 36.3. The van der Waals surface area contributed by atoms with Crippen LogP contribution in [0.2, 0.25) is 0 Å². The van der Waals surface area contributed by atoms with Crippen LogP contribution < -0.4 is 11.1 Å². The second-order valence-corrected chi connectivity index (χ2v) is 2.65. The summed E-state index contributed by atoms with van der Waals surface area (Å²) in [6.07, 6.45) is -3.54. The van der Waals surface area contributed by atoms with Gasteiger partial charge < -0.3 is 11.1 Å². The quantitative estimate of drug-likeness (QED) is 0.892. The minimum atomic E-state index is -4.33. The fraction of sp³-hybridized carbons (Fsp3) is 0.375. The fourth-order valence-electron chi connectivity index (χ4n) is 0.866. The average molecular weight is 278 g/mol. The topological polar surface area (TPSA) is 50.9 Å². The van der Waals surface area contributed by atoms with E-state index in [9.17, 15) is 13.2 Å². The molecular weight excluding hydrogens is 266 g/mol. The summed E-state index contributed by atoms with van der Waals surface area (Å²) >= 11 is 0. The molecule has 0 fully saturated rings. The first-order valence-corrected chi connectivity index (χ1v) is 4.01. The van der Waals surface area contributed by atoms with E-state index in [1.165, 1.54) is 6.07 Å². The van der Waals surface area contributed by atoms with E-state index in [0.717, 1.165) is 12.3 Å². The van der Waals surface area contributed by atoms with Gasteiger partial charge in [-0.05, 0) is 12.1 Å². The smallest absolute Gasteiger partial charge is 0.369 e. The van der Waals surface area contributed by atoms with Crippen LogP contribution in [0.15, 0.2) is 18.3 Å². The lowest BCUT2D eigenvalue weighted by Crippen LogP contribution is -2.14. The third-order valence-electron chi connectivity index (χ3n) is 1.54. The van der Waals surface area contributed by atoms with Gasteiger partial charge in [0.05, 0.1) is 5.56 Å². The summed E-state index contributed by atoms with van der Waals surface area (Å²) in [6.45, 7) is 0.890. The number of halogens is 5. The molecular formula is C8H12Cl2F3N3. The van der Waals surface area contributed by atoms with E-state index >= 15 is 0 Å². The van der Waals surface area contributed by atoms with Crippen molar-refractivity contribution in [3.63, 3.8) is 0 Å². The number of hydrogen-bond donors (Lipinski definition) is 2. The van der Waals surface area contributed by atoms with Gasteiger partial charge in [-0.1, -0.05) is 0 Å². The van der Waals surface area contributed by atoms with Gasteiger partial charge in [0, 0.05) is 19.3 Å². The standard InChI is InChI=1S/C8H10F3N3.2ClH/c9-8(10,11)6-1-2-7(14-5-6)13-4-3-12;;/h1-2,5H,3-4,12H2,(H,13,14);2*1H. The van der Waals surface area contributed by atoms with E-state index in [0.29, 0.717) is 18.9 Å². The molecule has 1 aromatic rings. The van der Waals surface area contributed by atoms with Gasteiger partial charge in [-0.2, -0.15) is 13.2 Å². The third-order valence-corrected chi connectivity index (χ3v) is 1.54. The summed E-state index contributed by atoms with van der Waals surface area (Å²) in [4.78, 5) is 3.60. The summed E-state index contributed by atoms with van der Waals surface area (Å²) in [5.74, 6) is 0.392. The molecule has 1 rings (SSSR count). The molecule has 0 bridgehead atoms. The average Bonchev–Trinajstić information content (AvgIpc) is 2.14. The number of nitrogens with two attached hydrogens (primary N) is 1. The number of aromatic nitrogens is 1. The van der Waals surface area contributed by atoms with Crippen LogP contribution >= 0.6 is 24.8 Å². The maximum atomic E-state index is 12.1. The van der Waals surface area contributed by atoms with Crippen molar-refractivity contribution >= 4 is 30.6 Å². The Kier molecular flexibility index (Phi) is 8.32. The molecule has 1 aromatic heterocycles. The van der Waals surface area contributed by atoms with Crippen LogP contribution in [-0.2, 0) is 6.18 Å². The minimum absolute atomic E-state index is 0. The molecule has 0 aliphatic rings. The number of hydrogen-bond acceptors (Lipinski definition) is 3. The zero-order valence-electron chi connectivity index (χ0n) is 8.12. The molecule has 16 heavy (non-hydrogen) atoms. The molecule has 3 N–H and O–H groups in total. The maximum absolute atomic E-state index is 12.1. The molecule has 0 aliphatic heterocycles. The van der Waals surface area contributed by atoms with Crippen LogP contribution in [0.1, 0.15) is 5.56 Å². The van der Waals surface area contributed by atoms with E-state index in [1.807, 2.05) is 0 Å². The largest absolute Gasteiger partial charge is 0.417 e. The second kappa shape index (κ2) is 7.54. The molecule has 0 unspecified atom stereocenters. The molecule has 94 valence electrons. The van der Waals surface area contributed by atoms with Crippen LogP contribution in [0.4, 0.5) is 19.0 Å². The zero-order chi connectivity index (χ0) is 10.6. The van der Waals surface area contributed by atoms with Crippen molar-refractivity contribution in [2.75, 3.05) is 18.4 Å². The Labute approximate surface area is 103 Å². The minimum Gasteiger partial charge on any atom is -0.369 e. The first kappa shape index (κ1) is 17.7. The molecule has 0 saturated carbocycles. The first-order chi connectivity index (χ1) is 6.54. The third kappa shape index (κ3) is 5.39. The molecule has 0 amide bonds. The van der Waals surface area contributed by atoms with E-state index in [2.05, 4.69) is 10.3 Å². The van der Waals surface area contributed by atoms with Crippen molar-refractivity contribution in [2.24, 2.45) is 5.73 Å². The molecule has 0 aromatic carbocycles. The van der Waals surface area contributed by atoms with Gasteiger partial charge in [0.15, 0.2) is 0 Å². The Balaban J connectivity index is 0. The van der Waals surface area contributed by atoms with Crippen molar-refractivity contribution in [3.8, 4) is 0 Å². The Morgan fingerprint density at radius 1 is 1.25 bits per heavy atom. The maximum Gasteiger partial charge on any atom is 0.417 e. The number of alkyl halides is 3. The monoisotopic (exact) mass is 277 g/mol. The number of nitrogens with zero attached hydrogens (tertiary/aromatic N) is 1. The zero-order valence-corrected chi connectivity index (χ0v) is 9.75. The van der Waals surface area contributed by atoms with E-state index in [-0.39, 0.29) is 24.8 Å². The predicted octanol–water partition coefficient (Wildman–Crippen LogP) is 2.31. The molecule has 0 saturated heterocycles. The Hall–Kier alpha value is -0.720. The number of pyridine rings is 1. The molecule has 1 heterocycles. The molecule has 0 spiro atoms. The highest BCUT2D eigenvalue weighted by Crippen LogP contribution is 2.28. The highest BCUT2D eigenvalue weighted by molar-refractivity contribution is 5.85. The van der Waals surface area contributed by atoms with Gasteiger partial charge in [0.25, 0.3) is 0 Å². The van der Waals surface area contributed by atoms with Crippen molar-refractivity contribution in [2.45, 2.75) is 6.18 Å². The molecule has 3 nitrogen and oxygen atoms in total. The Morgan fingerprint density at radius 2 is 1.88 bits per heavy atom. The van der Waals surface area contributed by atoms with Crippen LogP contribution in [-0.4, -0.2) is 18.1 Å². The van der Waals surface area contributed by atoms with E-state index < -0.39 is 11.7 Å². The number of nitrogens with one attached hydrogen (secondary N) is 1. The number of rotatable bonds is 3. The predicted molar refractivity (Wildman–Crippen MR) is 61.3 cm³/mol. The Morgan fingerprint density at radius 3 is 2.25 bits per heavy atom. The summed E-state index contributed by atoms with van der Waals surface area (Å²) in [6, 6.07) is 2.25. The highest BCUT2D eigenvalue weighted by atomic mass is 35.5. The van der Waals surface area contributed by atoms with Gasteiger partial charge in [-0.25, -0.2) is 4.98 Å². The van der Waals surface area contributed by atoms with Crippen LogP contribution in [0.5, 0.6) is 0 Å². The summed E-state index contributed by atoms with van der Waals surface area (Å²) in [5, 5.41) is 2.77. The fourth-order valence-corrected chi connectivity index (χ4v) is 0.866. The van der Waals surface area contributed by atoms with Crippen molar-refractivity contribution in [1.82, 2.24) is 4.98 Å². The van der Waals surface area contributed by atoms with Crippen LogP contribution in [0, 0.1) is 0 Å². The van der Waals surface area contributed by atoms with Crippen molar-refractivity contribution in [1.29, 1.82) is 0 Å². The van der Waals surface area contributed by atoms with Gasteiger partial charge >= 0.3 is 6.18 Å². The van der Waals surface area contributed by atoms with Crippen LogP contribution in [0.25, 0.3) is 0 Å². The van der Waals surface area contributed by atoms with Gasteiger partial charge in [-0.3, -0.25) is 0 Å². The summed E-state index contributed by atoms with van der Waals surface area (Å²) in [7, 11) is 0. The molecule has 8 heteroatoms. The van der Waals surface area contributed by atoms with Crippen molar-refractivity contribution in [3.05, 3.63) is 23.9 Å². The van der Waals surface area contributed by atoms with Gasteiger partial charge in [0.2, 0.25) is 0 Å². The molecule has 0 aliphatic carbocycles. The molecule has 0 radical (unpaired) electrons. The van der Waals surface area contributed by atoms with Gasteiger partial charge in [-0.15, -0.1) is 24.8 Å². The lowest BCUT2D eigenvalue weighted by Gasteiger charge is -2.07. The first-order valence-electron chi connectivity index (χ1n) is 4.01. The molecule has 0 atom stereocenters.